The molecule has 0 radical (unpaired) electrons. The van der Waals surface area contributed by atoms with Gasteiger partial charge in [0.25, 0.3) is 0 Å². The van der Waals surface area contributed by atoms with Crippen molar-refractivity contribution in [3.05, 3.63) is 71.8 Å². The molecule has 1 N–H and O–H groups in total. The second kappa shape index (κ2) is 9.33. The van der Waals surface area contributed by atoms with Crippen molar-refractivity contribution >= 4 is 11.9 Å². The summed E-state index contributed by atoms with van der Waals surface area (Å²) in [5, 5.41) is 3.46. The minimum atomic E-state index is -0.508. The van der Waals surface area contributed by atoms with Crippen LogP contribution in [0.1, 0.15) is 24.0 Å². The van der Waals surface area contributed by atoms with Crippen LogP contribution in [0.3, 0.4) is 0 Å². The smallest absolute Gasteiger partial charge is 0.328 e. The van der Waals surface area contributed by atoms with Gasteiger partial charge in [-0.2, -0.15) is 0 Å². The minimum Gasteiger partial charge on any atom is -0.467 e. The third kappa shape index (κ3) is 5.17. The van der Waals surface area contributed by atoms with Crippen LogP contribution in [0.5, 0.6) is 0 Å². The number of nitrogens with one attached hydrogen (secondary N) is 1. The highest BCUT2D eigenvalue weighted by Gasteiger charge is 2.39. The van der Waals surface area contributed by atoms with Gasteiger partial charge >= 0.3 is 5.97 Å². The van der Waals surface area contributed by atoms with Gasteiger partial charge in [0.2, 0.25) is 5.91 Å². The van der Waals surface area contributed by atoms with Crippen LogP contribution in [-0.2, 0) is 27.3 Å². The number of amides is 1. The Morgan fingerprint density at radius 2 is 1.67 bits per heavy atom. The van der Waals surface area contributed by atoms with E-state index in [0.717, 1.165) is 5.56 Å². The molecule has 2 atom stereocenters. The number of hydrogen-bond acceptors (Lipinski definition) is 4. The molecule has 1 fully saturated rings. The van der Waals surface area contributed by atoms with Crippen LogP contribution >= 0.6 is 0 Å². The van der Waals surface area contributed by atoms with Crippen LogP contribution in [0.4, 0.5) is 0 Å². The minimum absolute atomic E-state index is 0.00161. The Labute approximate surface area is 160 Å². The second-order valence-corrected chi connectivity index (χ2v) is 6.87. The van der Waals surface area contributed by atoms with Gasteiger partial charge in [0, 0.05) is 25.6 Å². The monoisotopic (exact) mass is 366 g/mol. The first-order valence-electron chi connectivity index (χ1n) is 9.36. The highest BCUT2D eigenvalue weighted by atomic mass is 16.5. The van der Waals surface area contributed by atoms with E-state index in [9.17, 15) is 9.59 Å². The Morgan fingerprint density at radius 3 is 2.30 bits per heavy atom. The number of hydrogen-bond donors (Lipinski definition) is 1. The van der Waals surface area contributed by atoms with Crippen molar-refractivity contribution in [3.63, 3.8) is 0 Å². The lowest BCUT2D eigenvalue weighted by molar-refractivity contribution is -0.150. The zero-order chi connectivity index (χ0) is 19.1. The number of benzene rings is 2. The number of esters is 1. The summed E-state index contributed by atoms with van der Waals surface area (Å²) in [6.45, 7) is 1.24. The standard InChI is InChI=1S/C22H26N2O3/c1-27-22(26)20-14-19(23-15-18-10-6-3-7-11-18)16-24(20)21(25)13-12-17-8-4-2-5-9-17/h2-11,19-20,23H,12-16H2,1H3/t19-,20?/m1/s1. The summed E-state index contributed by atoms with van der Waals surface area (Å²) in [4.78, 5) is 26.6. The van der Waals surface area contributed by atoms with E-state index < -0.39 is 6.04 Å². The quantitative estimate of drug-likeness (QED) is 0.765. The fraction of sp³-hybridized carbons (Fsp3) is 0.364. The number of rotatable bonds is 7. The molecule has 1 saturated heterocycles. The molecule has 0 saturated carbocycles. The Morgan fingerprint density at radius 1 is 1.04 bits per heavy atom. The molecule has 5 nitrogen and oxygen atoms in total. The summed E-state index contributed by atoms with van der Waals surface area (Å²) in [6, 6.07) is 19.6. The number of carbonyl (C=O) groups is 2. The molecule has 1 heterocycles. The third-order valence-electron chi connectivity index (χ3n) is 5.00. The van der Waals surface area contributed by atoms with E-state index in [0.29, 0.717) is 32.4 Å². The average molecular weight is 366 g/mol. The fourth-order valence-corrected chi connectivity index (χ4v) is 3.52. The molecule has 0 bridgehead atoms. The molecule has 3 rings (SSSR count). The average Bonchev–Trinajstić information content (AvgIpc) is 3.16. The van der Waals surface area contributed by atoms with Crippen LogP contribution in [-0.4, -0.2) is 42.5 Å². The van der Waals surface area contributed by atoms with Crippen LogP contribution in [0.25, 0.3) is 0 Å². The lowest BCUT2D eigenvalue weighted by atomic mass is 10.1. The second-order valence-electron chi connectivity index (χ2n) is 6.87. The van der Waals surface area contributed by atoms with E-state index in [1.165, 1.54) is 12.7 Å². The van der Waals surface area contributed by atoms with Crippen molar-refractivity contribution in [2.45, 2.75) is 37.9 Å². The number of carbonyl (C=O) groups excluding carboxylic acids is 2. The van der Waals surface area contributed by atoms with Crippen molar-refractivity contribution in [1.82, 2.24) is 10.2 Å². The number of aryl methyl sites for hydroxylation is 1. The molecular formula is C22H26N2O3. The highest BCUT2D eigenvalue weighted by molar-refractivity contribution is 5.85. The van der Waals surface area contributed by atoms with Gasteiger partial charge in [-0.25, -0.2) is 4.79 Å². The van der Waals surface area contributed by atoms with E-state index in [1.54, 1.807) is 4.90 Å². The number of ether oxygens (including phenoxy) is 1. The van der Waals surface area contributed by atoms with Crippen molar-refractivity contribution in [2.24, 2.45) is 0 Å². The topological polar surface area (TPSA) is 58.6 Å². The Kier molecular flexibility index (Phi) is 6.60. The first kappa shape index (κ1) is 19.1. The summed E-state index contributed by atoms with van der Waals surface area (Å²) in [5.41, 5.74) is 2.30. The van der Waals surface area contributed by atoms with Crippen LogP contribution in [0, 0.1) is 0 Å². The maximum atomic E-state index is 12.8. The summed E-state index contributed by atoms with van der Waals surface area (Å²) in [7, 11) is 1.37. The Hall–Kier alpha value is -2.66. The van der Waals surface area contributed by atoms with Crippen molar-refractivity contribution in [3.8, 4) is 0 Å². The van der Waals surface area contributed by atoms with E-state index in [1.807, 2.05) is 48.5 Å². The number of methoxy groups -OCH3 is 1. The predicted octanol–water partition coefficient (Wildman–Crippen LogP) is 2.55. The lowest BCUT2D eigenvalue weighted by Gasteiger charge is -2.22. The molecule has 1 aliphatic heterocycles. The molecule has 27 heavy (non-hydrogen) atoms. The molecule has 2 aromatic rings. The molecule has 2 aromatic carbocycles. The van der Waals surface area contributed by atoms with E-state index in [-0.39, 0.29) is 17.9 Å². The molecule has 1 unspecified atom stereocenters. The summed E-state index contributed by atoms with van der Waals surface area (Å²) in [5.74, 6) is -0.342. The van der Waals surface area contributed by atoms with Crippen LogP contribution < -0.4 is 5.32 Å². The van der Waals surface area contributed by atoms with Gasteiger partial charge in [-0.3, -0.25) is 4.79 Å². The molecule has 5 heteroatoms. The van der Waals surface area contributed by atoms with Gasteiger partial charge in [-0.05, 0) is 24.0 Å². The van der Waals surface area contributed by atoms with Gasteiger partial charge in [-0.1, -0.05) is 60.7 Å². The molecule has 1 amide bonds. The van der Waals surface area contributed by atoms with Gasteiger partial charge in [0.15, 0.2) is 0 Å². The van der Waals surface area contributed by atoms with E-state index >= 15 is 0 Å². The molecule has 1 aliphatic rings. The summed E-state index contributed by atoms with van der Waals surface area (Å²) >= 11 is 0. The fourth-order valence-electron chi connectivity index (χ4n) is 3.52. The molecule has 0 aromatic heterocycles. The highest BCUT2D eigenvalue weighted by Crippen LogP contribution is 2.21. The first-order valence-corrected chi connectivity index (χ1v) is 9.36. The van der Waals surface area contributed by atoms with Crippen molar-refractivity contribution in [2.75, 3.05) is 13.7 Å². The Bertz CT molecular complexity index is 749. The van der Waals surface area contributed by atoms with E-state index in [4.69, 9.17) is 4.74 Å². The third-order valence-corrected chi connectivity index (χ3v) is 5.00. The van der Waals surface area contributed by atoms with Crippen LogP contribution in [0.2, 0.25) is 0 Å². The van der Waals surface area contributed by atoms with Gasteiger partial charge in [0.1, 0.15) is 6.04 Å². The molecular weight excluding hydrogens is 340 g/mol. The van der Waals surface area contributed by atoms with Crippen molar-refractivity contribution < 1.29 is 14.3 Å². The maximum absolute atomic E-state index is 12.8. The Balaban J connectivity index is 1.59. The normalized spacial score (nSPS) is 19.1. The molecule has 0 aliphatic carbocycles. The molecule has 142 valence electrons. The predicted molar refractivity (Wildman–Crippen MR) is 104 cm³/mol. The lowest BCUT2D eigenvalue weighted by Crippen LogP contribution is -2.41. The summed E-state index contributed by atoms with van der Waals surface area (Å²) < 4.78 is 4.93. The number of likely N-dealkylation sites (tertiary alicyclic amines) is 1. The van der Waals surface area contributed by atoms with Gasteiger partial charge < -0.3 is 15.0 Å². The van der Waals surface area contributed by atoms with Crippen LogP contribution in [0.15, 0.2) is 60.7 Å². The maximum Gasteiger partial charge on any atom is 0.328 e. The van der Waals surface area contributed by atoms with E-state index in [2.05, 4.69) is 17.4 Å². The molecule has 0 spiro atoms. The van der Waals surface area contributed by atoms with Gasteiger partial charge in [-0.15, -0.1) is 0 Å². The SMILES string of the molecule is COC(=O)C1C[C@@H](NCc2ccccc2)CN1C(=O)CCc1ccccc1. The first-order chi connectivity index (χ1) is 13.2. The summed E-state index contributed by atoms with van der Waals surface area (Å²) in [6.07, 6.45) is 1.64. The number of nitrogens with zero attached hydrogens (tertiary/aromatic N) is 1. The van der Waals surface area contributed by atoms with Gasteiger partial charge in [0.05, 0.1) is 7.11 Å². The zero-order valence-corrected chi connectivity index (χ0v) is 15.6. The largest absolute Gasteiger partial charge is 0.467 e. The zero-order valence-electron chi connectivity index (χ0n) is 15.6. The van der Waals surface area contributed by atoms with Crippen molar-refractivity contribution in [1.29, 1.82) is 0 Å².